The van der Waals surface area contributed by atoms with Gasteiger partial charge in [0, 0.05) is 6.04 Å². The second-order valence-electron chi connectivity index (χ2n) is 6.11. The molecule has 0 aliphatic heterocycles. The predicted octanol–water partition coefficient (Wildman–Crippen LogP) is 2.87. The van der Waals surface area contributed by atoms with Crippen molar-refractivity contribution >= 4 is 0 Å². The fourth-order valence-corrected chi connectivity index (χ4v) is 2.85. The van der Waals surface area contributed by atoms with E-state index in [0.717, 1.165) is 6.42 Å². The fourth-order valence-electron chi connectivity index (χ4n) is 2.85. The van der Waals surface area contributed by atoms with Crippen molar-refractivity contribution in [3.8, 4) is 0 Å². The third-order valence-corrected chi connectivity index (χ3v) is 4.20. The first kappa shape index (κ1) is 12.7. The Morgan fingerprint density at radius 1 is 1.47 bits per heavy atom. The molecule has 17 heavy (non-hydrogen) atoms. The first-order valence-electron chi connectivity index (χ1n) is 6.58. The van der Waals surface area contributed by atoms with Gasteiger partial charge < -0.3 is 4.42 Å². The monoisotopic (exact) mass is 236 g/mol. The van der Waals surface area contributed by atoms with E-state index in [-0.39, 0.29) is 0 Å². The predicted molar refractivity (Wildman–Crippen MR) is 69.3 cm³/mol. The van der Waals surface area contributed by atoms with Gasteiger partial charge in [-0.15, -0.1) is 0 Å². The van der Waals surface area contributed by atoms with Crippen LogP contribution >= 0.6 is 0 Å². The molecule has 1 aromatic heterocycles. The number of nitrogens with two attached hydrogens (primary N) is 1. The van der Waals surface area contributed by atoms with Crippen molar-refractivity contribution in [1.29, 1.82) is 0 Å². The van der Waals surface area contributed by atoms with E-state index in [4.69, 9.17) is 10.3 Å². The van der Waals surface area contributed by atoms with Gasteiger partial charge in [0.15, 0.2) is 0 Å². The smallest absolute Gasteiger partial charge is 0.0935 e. The topological polar surface area (TPSA) is 51.2 Å². The number of hydrogen-bond acceptors (Lipinski definition) is 3. The standard InChI is InChI=1S/C14H24N2O/c1-14(2)6-3-12(4-7-14)13(16-15)9-11-5-8-17-10-11/h5,8,10,12-13,16H,3-4,6-7,9,15H2,1-2H3. The van der Waals surface area contributed by atoms with Gasteiger partial charge in [0.2, 0.25) is 0 Å². The molecule has 1 fully saturated rings. The quantitative estimate of drug-likeness (QED) is 0.624. The van der Waals surface area contributed by atoms with E-state index in [0.29, 0.717) is 17.4 Å². The van der Waals surface area contributed by atoms with Gasteiger partial charge in [0.05, 0.1) is 12.5 Å². The van der Waals surface area contributed by atoms with Gasteiger partial charge >= 0.3 is 0 Å². The van der Waals surface area contributed by atoms with E-state index in [9.17, 15) is 0 Å². The highest BCUT2D eigenvalue weighted by Crippen LogP contribution is 2.39. The van der Waals surface area contributed by atoms with Crippen LogP contribution in [0.15, 0.2) is 23.0 Å². The molecule has 3 N–H and O–H groups in total. The Bertz CT molecular complexity index is 322. The number of furan rings is 1. The summed E-state index contributed by atoms with van der Waals surface area (Å²) in [5.41, 5.74) is 4.75. The van der Waals surface area contributed by atoms with Crippen LogP contribution in [0.4, 0.5) is 0 Å². The maximum Gasteiger partial charge on any atom is 0.0935 e. The van der Waals surface area contributed by atoms with Crippen molar-refractivity contribution in [3.05, 3.63) is 24.2 Å². The molecule has 1 aromatic rings. The minimum atomic E-state index is 0.378. The minimum Gasteiger partial charge on any atom is -0.472 e. The lowest BCUT2D eigenvalue weighted by Crippen LogP contribution is -2.44. The van der Waals surface area contributed by atoms with Crippen LogP contribution in [-0.2, 0) is 6.42 Å². The van der Waals surface area contributed by atoms with Crippen LogP contribution in [0.25, 0.3) is 0 Å². The zero-order chi connectivity index (χ0) is 12.3. The molecule has 0 saturated heterocycles. The highest BCUT2D eigenvalue weighted by Gasteiger charge is 2.31. The molecule has 1 atom stereocenters. The van der Waals surface area contributed by atoms with Gasteiger partial charge in [0.25, 0.3) is 0 Å². The molecule has 3 nitrogen and oxygen atoms in total. The molecule has 1 unspecified atom stereocenters. The van der Waals surface area contributed by atoms with Crippen LogP contribution in [0, 0.1) is 11.3 Å². The Hall–Kier alpha value is -0.800. The molecule has 0 radical (unpaired) electrons. The summed E-state index contributed by atoms with van der Waals surface area (Å²) in [7, 11) is 0. The maximum absolute atomic E-state index is 5.71. The number of hydrogen-bond donors (Lipinski definition) is 2. The van der Waals surface area contributed by atoms with Gasteiger partial charge in [-0.1, -0.05) is 13.8 Å². The highest BCUT2D eigenvalue weighted by atomic mass is 16.3. The molecule has 1 aliphatic carbocycles. The Balaban J connectivity index is 1.91. The third kappa shape index (κ3) is 3.33. The molecule has 1 saturated carbocycles. The lowest BCUT2D eigenvalue weighted by atomic mass is 9.70. The zero-order valence-electron chi connectivity index (χ0n) is 10.9. The first-order valence-corrected chi connectivity index (χ1v) is 6.58. The molecule has 1 heterocycles. The van der Waals surface area contributed by atoms with Crippen molar-refractivity contribution < 1.29 is 4.42 Å². The summed E-state index contributed by atoms with van der Waals surface area (Å²) in [6.07, 6.45) is 9.68. The van der Waals surface area contributed by atoms with Gasteiger partial charge in [-0.2, -0.15) is 0 Å². The van der Waals surface area contributed by atoms with Gasteiger partial charge in [0.1, 0.15) is 0 Å². The second kappa shape index (κ2) is 5.23. The SMILES string of the molecule is CC1(C)CCC(C(Cc2ccoc2)NN)CC1. The highest BCUT2D eigenvalue weighted by molar-refractivity contribution is 5.08. The average molecular weight is 236 g/mol. The Kier molecular flexibility index (Phi) is 3.89. The molecule has 0 bridgehead atoms. The van der Waals surface area contributed by atoms with Crippen LogP contribution in [0.3, 0.4) is 0 Å². The Morgan fingerprint density at radius 2 is 2.18 bits per heavy atom. The normalized spacial score (nSPS) is 22.5. The molecule has 96 valence electrons. The van der Waals surface area contributed by atoms with Gasteiger partial charge in [-0.3, -0.25) is 11.3 Å². The Morgan fingerprint density at radius 3 is 2.71 bits per heavy atom. The third-order valence-electron chi connectivity index (χ3n) is 4.20. The summed E-state index contributed by atoms with van der Waals surface area (Å²) in [6, 6.07) is 2.40. The summed E-state index contributed by atoms with van der Waals surface area (Å²) in [6.45, 7) is 4.73. The molecular weight excluding hydrogens is 212 g/mol. The van der Waals surface area contributed by atoms with Gasteiger partial charge in [-0.05, 0) is 55.1 Å². The second-order valence-corrected chi connectivity index (χ2v) is 6.11. The van der Waals surface area contributed by atoms with E-state index in [1.165, 1.54) is 31.2 Å². The van der Waals surface area contributed by atoms with Crippen molar-refractivity contribution in [3.63, 3.8) is 0 Å². The minimum absolute atomic E-state index is 0.378. The number of hydrazine groups is 1. The zero-order valence-corrected chi connectivity index (χ0v) is 10.9. The molecule has 0 aromatic carbocycles. The van der Waals surface area contributed by atoms with Crippen LogP contribution < -0.4 is 11.3 Å². The van der Waals surface area contributed by atoms with E-state index in [2.05, 4.69) is 19.3 Å². The van der Waals surface area contributed by atoms with E-state index < -0.39 is 0 Å². The van der Waals surface area contributed by atoms with Gasteiger partial charge in [-0.25, -0.2) is 0 Å². The lowest BCUT2D eigenvalue weighted by Gasteiger charge is -2.37. The van der Waals surface area contributed by atoms with Crippen LogP contribution in [-0.4, -0.2) is 6.04 Å². The van der Waals surface area contributed by atoms with Crippen LogP contribution in [0.1, 0.15) is 45.1 Å². The van der Waals surface area contributed by atoms with E-state index in [1.54, 1.807) is 6.26 Å². The first-order chi connectivity index (χ1) is 8.11. The maximum atomic E-state index is 5.71. The lowest BCUT2D eigenvalue weighted by molar-refractivity contribution is 0.161. The fraction of sp³-hybridized carbons (Fsp3) is 0.714. The molecule has 2 rings (SSSR count). The van der Waals surface area contributed by atoms with Crippen molar-refractivity contribution in [1.82, 2.24) is 5.43 Å². The summed E-state index contributed by atoms with van der Waals surface area (Å²) < 4.78 is 5.11. The Labute approximate surface area is 104 Å². The van der Waals surface area contributed by atoms with E-state index in [1.807, 2.05) is 12.3 Å². The van der Waals surface area contributed by atoms with Crippen molar-refractivity contribution in [2.75, 3.05) is 0 Å². The number of nitrogens with one attached hydrogen (secondary N) is 1. The van der Waals surface area contributed by atoms with Crippen LogP contribution in [0.5, 0.6) is 0 Å². The molecule has 1 aliphatic rings. The molecule has 0 spiro atoms. The molecular formula is C14H24N2O. The van der Waals surface area contributed by atoms with Crippen molar-refractivity contribution in [2.24, 2.45) is 17.2 Å². The molecule has 0 amide bonds. The largest absolute Gasteiger partial charge is 0.472 e. The van der Waals surface area contributed by atoms with E-state index >= 15 is 0 Å². The van der Waals surface area contributed by atoms with Crippen LogP contribution in [0.2, 0.25) is 0 Å². The summed E-state index contributed by atoms with van der Waals surface area (Å²) in [5, 5.41) is 0. The summed E-state index contributed by atoms with van der Waals surface area (Å²) in [5.74, 6) is 6.40. The molecule has 3 heteroatoms. The number of rotatable bonds is 4. The summed E-state index contributed by atoms with van der Waals surface area (Å²) >= 11 is 0. The average Bonchev–Trinajstić information content (AvgIpc) is 2.79. The summed E-state index contributed by atoms with van der Waals surface area (Å²) in [4.78, 5) is 0. The van der Waals surface area contributed by atoms with Crippen molar-refractivity contribution in [2.45, 2.75) is 52.0 Å².